The van der Waals surface area contributed by atoms with Crippen LogP contribution in [-0.2, 0) is 12.8 Å². The molecule has 0 spiro atoms. The van der Waals surface area contributed by atoms with Crippen LogP contribution in [0.25, 0.3) is 39.0 Å². The molecule has 0 aliphatic heterocycles. The molecular weight excluding hydrogens is 853 g/mol. The van der Waals surface area contributed by atoms with Gasteiger partial charge in [0.25, 0.3) is 0 Å². The zero-order valence-corrected chi connectivity index (χ0v) is 43.4. The summed E-state index contributed by atoms with van der Waals surface area (Å²) in [5, 5.41) is 0. The molecule has 356 valence electrons. The van der Waals surface area contributed by atoms with Crippen molar-refractivity contribution in [2.75, 3.05) is 0 Å². The molecule has 2 atom stereocenters. The summed E-state index contributed by atoms with van der Waals surface area (Å²) in [6.45, 7) is 24.4. The number of fused-ring (bicyclic) bond motifs is 4. The molecule has 0 heteroatoms. The van der Waals surface area contributed by atoms with Gasteiger partial charge in [-0.25, -0.2) is 0 Å². The smallest absolute Gasteiger partial charge is 0.0275 e. The molecule has 0 saturated heterocycles. The number of benzene rings is 8. The van der Waals surface area contributed by atoms with E-state index >= 15 is 0 Å². The summed E-state index contributed by atoms with van der Waals surface area (Å²) in [5.74, 6) is 0.908. The molecule has 2 unspecified atom stereocenters. The summed E-state index contributed by atoms with van der Waals surface area (Å²) < 4.78 is 0. The Bertz CT molecular complexity index is 3080. The fourth-order valence-electron chi connectivity index (χ4n) is 9.14. The Hall–Kier alpha value is -7.76. The van der Waals surface area contributed by atoms with Crippen LogP contribution in [0.5, 0.6) is 0 Å². The molecule has 0 saturated carbocycles. The summed E-state index contributed by atoms with van der Waals surface area (Å²) in [6.07, 6.45) is 14.4. The van der Waals surface area contributed by atoms with Crippen molar-refractivity contribution >= 4 is 5.57 Å². The van der Waals surface area contributed by atoms with Crippen molar-refractivity contribution in [2.45, 2.75) is 80.1 Å². The van der Waals surface area contributed by atoms with Crippen LogP contribution in [0, 0.1) is 27.7 Å². The van der Waals surface area contributed by atoms with E-state index in [0.29, 0.717) is 5.92 Å². The van der Waals surface area contributed by atoms with Crippen LogP contribution < -0.4 is 0 Å². The average Bonchev–Trinajstić information content (AvgIpc) is 3.89. The monoisotopic (exact) mass is 925 g/mol. The van der Waals surface area contributed by atoms with Gasteiger partial charge in [0.15, 0.2) is 0 Å². The van der Waals surface area contributed by atoms with E-state index in [4.69, 9.17) is 0 Å². The second-order valence-electron chi connectivity index (χ2n) is 18.2. The first-order valence-electron chi connectivity index (χ1n) is 25.3. The third-order valence-electron chi connectivity index (χ3n) is 12.8. The highest BCUT2D eigenvalue weighted by molar-refractivity contribution is 5.78. The lowest BCUT2D eigenvalue weighted by atomic mass is 9.79. The number of allylic oxidation sites excluding steroid dienone is 7. The first-order chi connectivity index (χ1) is 34.6. The maximum atomic E-state index is 4.21. The first-order valence-corrected chi connectivity index (χ1v) is 25.3. The van der Waals surface area contributed by atoms with Gasteiger partial charge >= 0.3 is 0 Å². The second kappa shape index (κ2) is 26.8. The third kappa shape index (κ3) is 14.4. The Kier molecular flexibility index (Phi) is 19.9. The van der Waals surface area contributed by atoms with Crippen molar-refractivity contribution in [1.82, 2.24) is 0 Å². The van der Waals surface area contributed by atoms with Gasteiger partial charge in [-0.2, -0.15) is 0 Å². The zero-order valence-electron chi connectivity index (χ0n) is 43.4. The molecule has 0 amide bonds. The molecule has 0 heterocycles. The lowest BCUT2D eigenvalue weighted by Gasteiger charge is -2.25. The molecule has 71 heavy (non-hydrogen) atoms. The van der Waals surface area contributed by atoms with Crippen molar-refractivity contribution < 1.29 is 0 Å². The highest BCUT2D eigenvalue weighted by Gasteiger charge is 2.21. The van der Waals surface area contributed by atoms with Crippen LogP contribution in [0.4, 0.5) is 0 Å². The molecule has 0 bridgehead atoms. The second-order valence-corrected chi connectivity index (χ2v) is 18.2. The van der Waals surface area contributed by atoms with Gasteiger partial charge in [0.2, 0.25) is 0 Å². The SMILES string of the molecule is C=C1C=CC(c2ccc(-c3ccc(C)c(-c4ccccc4C)c3)cc2)c2ccccc2C1.C=CC.CC.Cc1ccc(C2=C=CC=C2)cc1.Cc1ccc2c(c1)-c1ccccc1CC2C.c1ccccc1. The van der Waals surface area contributed by atoms with E-state index in [-0.39, 0.29) is 5.92 Å². The van der Waals surface area contributed by atoms with Gasteiger partial charge in [0.1, 0.15) is 0 Å². The fourth-order valence-corrected chi connectivity index (χ4v) is 9.14. The zero-order chi connectivity index (χ0) is 50.5. The third-order valence-corrected chi connectivity index (χ3v) is 12.8. The lowest BCUT2D eigenvalue weighted by Crippen LogP contribution is -2.08. The van der Waals surface area contributed by atoms with Gasteiger partial charge in [-0.05, 0) is 149 Å². The number of aryl methyl sites for hydroxylation is 4. The maximum absolute atomic E-state index is 4.21. The Morgan fingerprint density at radius 1 is 0.507 bits per heavy atom. The van der Waals surface area contributed by atoms with E-state index < -0.39 is 0 Å². The van der Waals surface area contributed by atoms with Crippen molar-refractivity contribution in [3.05, 3.63) is 311 Å². The Balaban J connectivity index is 0.000000174. The van der Waals surface area contributed by atoms with E-state index in [0.717, 1.165) is 6.42 Å². The number of hydrogen-bond donors (Lipinski definition) is 0. The van der Waals surface area contributed by atoms with E-state index in [2.05, 4.69) is 229 Å². The molecule has 0 radical (unpaired) electrons. The molecule has 8 aromatic carbocycles. The summed E-state index contributed by atoms with van der Waals surface area (Å²) in [7, 11) is 0. The molecule has 8 aromatic rings. The van der Waals surface area contributed by atoms with Gasteiger partial charge in [0, 0.05) is 11.5 Å². The quantitative estimate of drug-likeness (QED) is 0.122. The lowest BCUT2D eigenvalue weighted by molar-refractivity contribution is 0.749. The van der Waals surface area contributed by atoms with Gasteiger partial charge in [-0.1, -0.05) is 256 Å². The van der Waals surface area contributed by atoms with Crippen molar-refractivity contribution in [3.63, 3.8) is 0 Å². The van der Waals surface area contributed by atoms with Crippen LogP contribution >= 0.6 is 0 Å². The predicted octanol–water partition coefficient (Wildman–Crippen LogP) is 19.8. The molecular formula is C71H72. The van der Waals surface area contributed by atoms with Crippen LogP contribution in [0.1, 0.15) is 95.2 Å². The van der Waals surface area contributed by atoms with Gasteiger partial charge in [-0.15, -0.1) is 12.3 Å². The van der Waals surface area contributed by atoms with E-state index in [9.17, 15) is 0 Å². The highest BCUT2D eigenvalue weighted by Crippen LogP contribution is 2.40. The summed E-state index contributed by atoms with van der Waals surface area (Å²) >= 11 is 0. The minimum atomic E-state index is 0.264. The standard InChI is InChI=1S/C32H28.C16H16.C12H10.C6H6.C3H6.C2H6/c1-22-12-19-31(30-11-7-5-9-28(30)20-22)26-17-15-25(16-18-26)27-14-13-24(3)32(21-27)29-10-6-4-8-23(29)2;1-11-7-8-14-12(2)10-13-5-3-4-6-15(13)16(14)9-11;1-10-6-8-12(9-7-10)11-4-2-3-5-11;1-2-4-6-5-3-1;1-3-2;1-2/h4-19,21,31H,1,20H2,2-3H3;3-9,12H,10H2,1-2H3;2-4,6-9H,1H3;1-6H;3H,1H2,2H3;1-2H3. The van der Waals surface area contributed by atoms with E-state index in [1.54, 1.807) is 6.08 Å². The van der Waals surface area contributed by atoms with Crippen molar-refractivity contribution in [2.24, 2.45) is 0 Å². The molecule has 0 nitrogen and oxygen atoms in total. The minimum Gasteiger partial charge on any atom is -0.112 e. The summed E-state index contributed by atoms with van der Waals surface area (Å²) in [4.78, 5) is 0. The first kappa shape index (κ1) is 52.6. The summed E-state index contributed by atoms with van der Waals surface area (Å²) in [6, 6.07) is 69.4. The van der Waals surface area contributed by atoms with Crippen LogP contribution in [0.3, 0.4) is 0 Å². The Labute approximate surface area is 427 Å². The molecule has 3 aliphatic rings. The number of hydrogen-bond acceptors (Lipinski definition) is 0. The van der Waals surface area contributed by atoms with Crippen molar-refractivity contribution in [1.29, 1.82) is 0 Å². The van der Waals surface area contributed by atoms with E-state index in [1.807, 2.05) is 69.3 Å². The maximum Gasteiger partial charge on any atom is 0.0275 e. The average molecular weight is 925 g/mol. The highest BCUT2D eigenvalue weighted by atomic mass is 14.3. The minimum absolute atomic E-state index is 0.264. The van der Waals surface area contributed by atoms with Crippen LogP contribution in [0.2, 0.25) is 0 Å². The number of rotatable bonds is 4. The fraction of sp³-hybridized carbons (Fsp3) is 0.169. The topological polar surface area (TPSA) is 0 Å². The van der Waals surface area contributed by atoms with Gasteiger partial charge < -0.3 is 0 Å². The molecule has 3 aliphatic carbocycles. The molecule has 0 N–H and O–H groups in total. The van der Waals surface area contributed by atoms with Gasteiger partial charge in [-0.3, -0.25) is 0 Å². The van der Waals surface area contributed by atoms with Crippen LogP contribution in [0.15, 0.2) is 255 Å². The van der Waals surface area contributed by atoms with Gasteiger partial charge in [0.05, 0.1) is 0 Å². The molecule has 11 rings (SSSR count). The molecule has 0 aromatic heterocycles. The van der Waals surface area contributed by atoms with Crippen LogP contribution in [-0.4, -0.2) is 0 Å². The predicted molar refractivity (Wildman–Crippen MR) is 311 cm³/mol. The Morgan fingerprint density at radius 3 is 1.72 bits per heavy atom. The normalized spacial score (nSPS) is 14.1. The van der Waals surface area contributed by atoms with Crippen molar-refractivity contribution in [3.8, 4) is 33.4 Å². The Morgan fingerprint density at radius 2 is 1.07 bits per heavy atom. The largest absolute Gasteiger partial charge is 0.112 e. The van der Waals surface area contributed by atoms with E-state index in [1.165, 1.54) is 107 Å². The summed E-state index contributed by atoms with van der Waals surface area (Å²) in [5.41, 5.74) is 27.1. The molecule has 0 fully saturated rings.